The summed E-state index contributed by atoms with van der Waals surface area (Å²) in [7, 11) is 1.61. The number of methoxy groups -OCH3 is 1. The van der Waals surface area contributed by atoms with Crippen molar-refractivity contribution < 1.29 is 19.1 Å². The zero-order chi connectivity index (χ0) is 23.5. The average Bonchev–Trinajstić information content (AvgIpc) is 2.82. The number of carbonyl (C=O) groups excluding carboxylic acids is 2. The van der Waals surface area contributed by atoms with Crippen LogP contribution in [0.15, 0.2) is 48.5 Å². The molecule has 0 unspecified atom stereocenters. The Kier molecular flexibility index (Phi) is 10.1. The highest BCUT2D eigenvalue weighted by Crippen LogP contribution is 2.18. The molecule has 0 aromatic heterocycles. The minimum absolute atomic E-state index is 0.0443. The number of nitrogens with zero attached hydrogens (tertiary/aromatic N) is 1. The Balaban J connectivity index is 2.19. The van der Waals surface area contributed by atoms with E-state index in [1.807, 2.05) is 69.3 Å². The second kappa shape index (κ2) is 12.7. The van der Waals surface area contributed by atoms with Crippen LogP contribution in [0.3, 0.4) is 0 Å². The molecule has 6 heteroatoms. The zero-order valence-electron chi connectivity index (χ0n) is 19.9. The van der Waals surface area contributed by atoms with E-state index in [1.165, 1.54) is 5.56 Å². The Morgan fingerprint density at radius 3 is 2.03 bits per heavy atom. The maximum absolute atomic E-state index is 13.2. The highest BCUT2D eigenvalue weighted by atomic mass is 16.5. The third-order valence-electron chi connectivity index (χ3n) is 5.59. The van der Waals surface area contributed by atoms with Crippen molar-refractivity contribution in [1.29, 1.82) is 0 Å². The average molecular weight is 441 g/mol. The highest BCUT2D eigenvalue weighted by molar-refractivity contribution is 5.88. The van der Waals surface area contributed by atoms with Crippen LogP contribution in [0.1, 0.15) is 51.7 Å². The maximum atomic E-state index is 13.2. The fourth-order valence-electron chi connectivity index (χ4n) is 3.34. The molecule has 2 aromatic carbocycles. The van der Waals surface area contributed by atoms with E-state index in [0.29, 0.717) is 18.7 Å². The van der Waals surface area contributed by atoms with E-state index in [1.54, 1.807) is 12.0 Å². The molecule has 0 aliphatic rings. The first kappa shape index (κ1) is 25.2. The van der Waals surface area contributed by atoms with Gasteiger partial charge in [0.25, 0.3) is 5.91 Å². The molecule has 2 aromatic rings. The summed E-state index contributed by atoms with van der Waals surface area (Å²) in [5.74, 6) is 1.01. The molecule has 174 valence electrons. The molecular weight excluding hydrogens is 404 g/mol. The maximum Gasteiger partial charge on any atom is 0.261 e. The summed E-state index contributed by atoms with van der Waals surface area (Å²) in [4.78, 5) is 27.8. The van der Waals surface area contributed by atoms with Crippen LogP contribution in [0, 0.1) is 0 Å². The van der Waals surface area contributed by atoms with Gasteiger partial charge in [0.05, 0.1) is 7.11 Å². The fraction of sp³-hybridized carbons (Fsp3) is 0.462. The van der Waals surface area contributed by atoms with Gasteiger partial charge in [0.15, 0.2) is 6.61 Å². The lowest BCUT2D eigenvalue weighted by Crippen LogP contribution is -2.51. The van der Waals surface area contributed by atoms with E-state index in [2.05, 4.69) is 12.2 Å². The number of benzene rings is 2. The Labute approximate surface area is 191 Å². The molecule has 0 fully saturated rings. The van der Waals surface area contributed by atoms with Gasteiger partial charge in [0.2, 0.25) is 5.91 Å². The van der Waals surface area contributed by atoms with Gasteiger partial charge in [0.1, 0.15) is 17.5 Å². The molecule has 0 heterocycles. The normalized spacial score (nSPS) is 12.5. The van der Waals surface area contributed by atoms with E-state index in [4.69, 9.17) is 9.47 Å². The molecule has 0 saturated heterocycles. The van der Waals surface area contributed by atoms with E-state index < -0.39 is 6.04 Å². The summed E-state index contributed by atoms with van der Waals surface area (Å²) in [6, 6.07) is 14.7. The van der Waals surface area contributed by atoms with Gasteiger partial charge in [-0.1, -0.05) is 45.0 Å². The lowest BCUT2D eigenvalue weighted by Gasteiger charge is -2.31. The first-order valence-electron chi connectivity index (χ1n) is 11.4. The summed E-state index contributed by atoms with van der Waals surface area (Å²) in [5.41, 5.74) is 2.12. The number of carbonyl (C=O) groups is 2. The number of aryl methyl sites for hydroxylation is 1. The second-order valence-corrected chi connectivity index (χ2v) is 7.90. The molecule has 0 spiro atoms. The number of amides is 2. The minimum Gasteiger partial charge on any atom is -0.497 e. The summed E-state index contributed by atoms with van der Waals surface area (Å²) < 4.78 is 11.0. The van der Waals surface area contributed by atoms with Crippen molar-refractivity contribution in [3.8, 4) is 11.5 Å². The largest absolute Gasteiger partial charge is 0.497 e. The van der Waals surface area contributed by atoms with Crippen molar-refractivity contribution in [2.75, 3.05) is 13.7 Å². The highest BCUT2D eigenvalue weighted by Gasteiger charge is 2.29. The van der Waals surface area contributed by atoms with Gasteiger partial charge < -0.3 is 19.7 Å². The van der Waals surface area contributed by atoms with Crippen LogP contribution in [0.4, 0.5) is 0 Å². The van der Waals surface area contributed by atoms with Crippen LogP contribution < -0.4 is 14.8 Å². The first-order valence-corrected chi connectivity index (χ1v) is 11.4. The monoisotopic (exact) mass is 440 g/mol. The van der Waals surface area contributed by atoms with Crippen molar-refractivity contribution in [2.45, 2.75) is 65.6 Å². The second-order valence-electron chi connectivity index (χ2n) is 7.90. The first-order chi connectivity index (χ1) is 15.4. The molecule has 32 heavy (non-hydrogen) atoms. The molecule has 0 aliphatic carbocycles. The van der Waals surface area contributed by atoms with Crippen LogP contribution in [0.5, 0.6) is 11.5 Å². The standard InChI is InChI=1S/C26H36N2O4/c1-6-19(4)27-26(30)24(8-3)28(17-21-11-13-22(31-5)14-12-21)25(29)18-32-23-15-9-20(7-2)10-16-23/h9-16,19,24H,6-8,17-18H2,1-5H3,(H,27,30)/t19-,24-/m1/s1. The Morgan fingerprint density at radius 2 is 1.50 bits per heavy atom. The van der Waals surface area contributed by atoms with E-state index in [0.717, 1.165) is 24.2 Å². The molecule has 0 radical (unpaired) electrons. The molecule has 0 saturated carbocycles. The summed E-state index contributed by atoms with van der Waals surface area (Å²) in [6.07, 6.45) is 2.28. The Morgan fingerprint density at radius 1 is 0.906 bits per heavy atom. The summed E-state index contributed by atoms with van der Waals surface area (Å²) in [5, 5.41) is 3.01. The smallest absolute Gasteiger partial charge is 0.261 e. The van der Waals surface area contributed by atoms with Gasteiger partial charge in [-0.05, 0) is 61.6 Å². The molecule has 0 bridgehead atoms. The number of hydrogen-bond acceptors (Lipinski definition) is 4. The number of rotatable bonds is 12. The minimum atomic E-state index is -0.579. The van der Waals surface area contributed by atoms with Crippen LogP contribution >= 0.6 is 0 Å². The molecular formula is C26H36N2O4. The third kappa shape index (κ3) is 7.29. The van der Waals surface area contributed by atoms with Gasteiger partial charge in [0, 0.05) is 12.6 Å². The van der Waals surface area contributed by atoms with Crippen LogP contribution in [-0.4, -0.2) is 42.5 Å². The predicted octanol–water partition coefficient (Wildman–Crippen LogP) is 4.36. The quantitative estimate of drug-likeness (QED) is 0.533. The van der Waals surface area contributed by atoms with Gasteiger partial charge in [-0.2, -0.15) is 0 Å². The Hall–Kier alpha value is -3.02. The molecule has 6 nitrogen and oxygen atoms in total. The van der Waals surface area contributed by atoms with E-state index in [-0.39, 0.29) is 24.5 Å². The van der Waals surface area contributed by atoms with E-state index in [9.17, 15) is 9.59 Å². The van der Waals surface area contributed by atoms with Gasteiger partial charge in [-0.15, -0.1) is 0 Å². The summed E-state index contributed by atoms with van der Waals surface area (Å²) >= 11 is 0. The Bertz CT molecular complexity index is 849. The van der Waals surface area contributed by atoms with Crippen LogP contribution in [0.2, 0.25) is 0 Å². The zero-order valence-corrected chi connectivity index (χ0v) is 19.9. The van der Waals surface area contributed by atoms with Crippen molar-refractivity contribution >= 4 is 11.8 Å². The number of ether oxygens (including phenoxy) is 2. The number of hydrogen-bond donors (Lipinski definition) is 1. The fourth-order valence-corrected chi connectivity index (χ4v) is 3.34. The van der Waals surface area contributed by atoms with Crippen molar-refractivity contribution in [3.63, 3.8) is 0 Å². The molecule has 1 N–H and O–H groups in total. The van der Waals surface area contributed by atoms with Crippen molar-refractivity contribution in [3.05, 3.63) is 59.7 Å². The SMILES string of the molecule is CCc1ccc(OCC(=O)N(Cc2ccc(OC)cc2)[C@H](CC)C(=O)N[C@H](C)CC)cc1. The van der Waals surface area contributed by atoms with Gasteiger partial charge in [-0.3, -0.25) is 9.59 Å². The molecule has 2 rings (SSSR count). The molecule has 2 atom stereocenters. The third-order valence-corrected chi connectivity index (χ3v) is 5.59. The van der Waals surface area contributed by atoms with Crippen LogP contribution in [0.25, 0.3) is 0 Å². The van der Waals surface area contributed by atoms with Crippen molar-refractivity contribution in [1.82, 2.24) is 10.2 Å². The summed E-state index contributed by atoms with van der Waals surface area (Å²) in [6.45, 7) is 8.17. The lowest BCUT2D eigenvalue weighted by molar-refractivity contribution is -0.143. The van der Waals surface area contributed by atoms with Gasteiger partial charge in [-0.25, -0.2) is 0 Å². The van der Waals surface area contributed by atoms with Gasteiger partial charge >= 0.3 is 0 Å². The molecule has 2 amide bonds. The number of nitrogens with one attached hydrogen (secondary N) is 1. The van der Waals surface area contributed by atoms with Crippen molar-refractivity contribution in [2.24, 2.45) is 0 Å². The van der Waals surface area contributed by atoms with E-state index >= 15 is 0 Å². The predicted molar refractivity (Wildman–Crippen MR) is 127 cm³/mol. The molecule has 0 aliphatic heterocycles. The van der Waals surface area contributed by atoms with Crippen LogP contribution in [-0.2, 0) is 22.6 Å². The topological polar surface area (TPSA) is 67.9 Å². The lowest BCUT2D eigenvalue weighted by atomic mass is 10.1.